The number of hydrogen-bond acceptors (Lipinski definition) is 2. The highest BCUT2D eigenvalue weighted by Gasteiger charge is 2.25. The van der Waals surface area contributed by atoms with Crippen molar-refractivity contribution in [2.75, 3.05) is 7.05 Å². The number of carbonyl (C=O) groups excluding carboxylic acids is 1. The Hall–Kier alpha value is -1.38. The molecule has 1 aliphatic rings. The predicted molar refractivity (Wildman–Crippen MR) is 67.8 cm³/mol. The fourth-order valence-electron chi connectivity index (χ4n) is 2.49. The van der Waals surface area contributed by atoms with Gasteiger partial charge in [-0.3, -0.25) is 9.78 Å². The summed E-state index contributed by atoms with van der Waals surface area (Å²) in [6.45, 7) is 2.29. The van der Waals surface area contributed by atoms with Gasteiger partial charge < -0.3 is 4.90 Å². The monoisotopic (exact) mass is 232 g/mol. The van der Waals surface area contributed by atoms with Gasteiger partial charge in [0, 0.05) is 25.5 Å². The van der Waals surface area contributed by atoms with E-state index in [1.165, 1.54) is 12.8 Å². The maximum Gasteiger partial charge on any atom is 0.255 e. The Labute approximate surface area is 103 Å². The molecule has 1 saturated carbocycles. The summed E-state index contributed by atoms with van der Waals surface area (Å²) in [4.78, 5) is 18.1. The summed E-state index contributed by atoms with van der Waals surface area (Å²) in [5, 5.41) is 0. The van der Waals surface area contributed by atoms with Crippen molar-refractivity contribution >= 4 is 5.91 Å². The molecule has 0 N–H and O–H groups in total. The summed E-state index contributed by atoms with van der Waals surface area (Å²) in [5.41, 5.74) is 0.689. The largest absolute Gasteiger partial charge is 0.339 e. The Morgan fingerprint density at radius 1 is 1.35 bits per heavy atom. The molecular weight excluding hydrogens is 212 g/mol. The van der Waals surface area contributed by atoms with Crippen molar-refractivity contribution in [1.82, 2.24) is 9.88 Å². The summed E-state index contributed by atoms with van der Waals surface area (Å²) >= 11 is 0. The second kappa shape index (κ2) is 5.30. The Balaban J connectivity index is 2.00. The smallest absolute Gasteiger partial charge is 0.255 e. The van der Waals surface area contributed by atoms with E-state index in [9.17, 15) is 4.79 Å². The van der Waals surface area contributed by atoms with E-state index in [2.05, 4.69) is 11.9 Å². The lowest BCUT2D eigenvalue weighted by Gasteiger charge is -2.33. The molecule has 0 aliphatic heterocycles. The van der Waals surface area contributed by atoms with Gasteiger partial charge in [0.25, 0.3) is 5.91 Å². The first-order chi connectivity index (χ1) is 8.18. The molecule has 1 aromatic heterocycles. The average Bonchev–Trinajstić information content (AvgIpc) is 2.39. The number of pyridine rings is 1. The van der Waals surface area contributed by atoms with Crippen LogP contribution in [0.25, 0.3) is 0 Å². The third-order valence-corrected chi connectivity index (χ3v) is 3.76. The highest BCUT2D eigenvalue weighted by atomic mass is 16.2. The molecular formula is C14H20N2O. The van der Waals surface area contributed by atoms with Crippen LogP contribution in [0.3, 0.4) is 0 Å². The standard InChI is InChI=1S/C14H20N2O/c1-11-5-7-13(8-6-11)16(2)14(17)12-4-3-9-15-10-12/h3-4,9-11,13H,5-8H2,1-2H3. The van der Waals surface area contributed by atoms with Crippen LogP contribution in [0.1, 0.15) is 43.0 Å². The first-order valence-electron chi connectivity index (χ1n) is 6.35. The molecule has 0 unspecified atom stereocenters. The molecule has 0 bridgehead atoms. The van der Waals surface area contributed by atoms with Gasteiger partial charge in [0.2, 0.25) is 0 Å². The quantitative estimate of drug-likeness (QED) is 0.785. The van der Waals surface area contributed by atoms with Gasteiger partial charge in [-0.05, 0) is 43.7 Å². The van der Waals surface area contributed by atoms with Crippen molar-refractivity contribution in [3.05, 3.63) is 30.1 Å². The number of aromatic nitrogens is 1. The predicted octanol–water partition coefficient (Wildman–Crippen LogP) is 2.73. The lowest BCUT2D eigenvalue weighted by Crippen LogP contribution is -2.39. The highest BCUT2D eigenvalue weighted by Crippen LogP contribution is 2.27. The fourth-order valence-corrected chi connectivity index (χ4v) is 2.49. The molecule has 1 aromatic rings. The Bertz CT molecular complexity index is 369. The van der Waals surface area contributed by atoms with E-state index in [1.807, 2.05) is 24.1 Å². The molecule has 0 radical (unpaired) electrons. The molecule has 1 fully saturated rings. The zero-order chi connectivity index (χ0) is 12.3. The Morgan fingerprint density at radius 3 is 2.65 bits per heavy atom. The van der Waals surface area contributed by atoms with Gasteiger partial charge in [0.15, 0.2) is 0 Å². The first-order valence-corrected chi connectivity index (χ1v) is 6.35. The number of nitrogens with zero attached hydrogens (tertiary/aromatic N) is 2. The van der Waals surface area contributed by atoms with Gasteiger partial charge in [0.05, 0.1) is 5.56 Å². The van der Waals surface area contributed by atoms with Crippen LogP contribution in [-0.2, 0) is 0 Å². The third-order valence-electron chi connectivity index (χ3n) is 3.76. The van der Waals surface area contributed by atoms with Gasteiger partial charge in [0.1, 0.15) is 0 Å². The van der Waals surface area contributed by atoms with Crippen molar-refractivity contribution in [1.29, 1.82) is 0 Å². The van der Waals surface area contributed by atoms with Crippen molar-refractivity contribution in [3.63, 3.8) is 0 Å². The maximum atomic E-state index is 12.2. The molecule has 17 heavy (non-hydrogen) atoms. The van der Waals surface area contributed by atoms with Gasteiger partial charge in [-0.1, -0.05) is 6.92 Å². The minimum absolute atomic E-state index is 0.0950. The zero-order valence-corrected chi connectivity index (χ0v) is 10.6. The lowest BCUT2D eigenvalue weighted by molar-refractivity contribution is 0.0679. The molecule has 3 heteroatoms. The van der Waals surface area contributed by atoms with E-state index in [0.717, 1.165) is 18.8 Å². The molecule has 0 saturated heterocycles. The molecule has 1 amide bonds. The van der Waals surface area contributed by atoms with E-state index in [0.29, 0.717) is 11.6 Å². The van der Waals surface area contributed by atoms with Crippen LogP contribution < -0.4 is 0 Å². The lowest BCUT2D eigenvalue weighted by atomic mass is 9.86. The number of amides is 1. The molecule has 0 spiro atoms. The van der Waals surface area contributed by atoms with E-state index in [1.54, 1.807) is 12.4 Å². The number of hydrogen-bond donors (Lipinski definition) is 0. The molecule has 0 aromatic carbocycles. The highest BCUT2D eigenvalue weighted by molar-refractivity contribution is 5.93. The fraction of sp³-hybridized carbons (Fsp3) is 0.571. The van der Waals surface area contributed by atoms with Crippen LogP contribution in [0.4, 0.5) is 0 Å². The van der Waals surface area contributed by atoms with Gasteiger partial charge in [-0.15, -0.1) is 0 Å². The van der Waals surface area contributed by atoms with Crippen LogP contribution in [0.15, 0.2) is 24.5 Å². The zero-order valence-electron chi connectivity index (χ0n) is 10.6. The first kappa shape index (κ1) is 12.1. The molecule has 92 valence electrons. The van der Waals surface area contributed by atoms with Gasteiger partial charge in [-0.2, -0.15) is 0 Å². The Morgan fingerprint density at radius 2 is 2.06 bits per heavy atom. The Kier molecular flexibility index (Phi) is 3.77. The van der Waals surface area contributed by atoms with Crippen molar-refractivity contribution < 1.29 is 4.79 Å². The third kappa shape index (κ3) is 2.84. The summed E-state index contributed by atoms with van der Waals surface area (Å²) in [6.07, 6.45) is 8.06. The van der Waals surface area contributed by atoms with E-state index < -0.39 is 0 Å². The van der Waals surface area contributed by atoms with E-state index >= 15 is 0 Å². The molecule has 1 heterocycles. The van der Waals surface area contributed by atoms with Crippen LogP contribution in [-0.4, -0.2) is 28.9 Å². The minimum Gasteiger partial charge on any atom is -0.339 e. The number of carbonyl (C=O) groups is 1. The van der Waals surface area contributed by atoms with Crippen LogP contribution in [0, 0.1) is 5.92 Å². The topological polar surface area (TPSA) is 33.2 Å². The van der Waals surface area contributed by atoms with Gasteiger partial charge in [-0.25, -0.2) is 0 Å². The van der Waals surface area contributed by atoms with Crippen LogP contribution >= 0.6 is 0 Å². The average molecular weight is 232 g/mol. The molecule has 1 aliphatic carbocycles. The van der Waals surface area contributed by atoms with Crippen molar-refractivity contribution in [2.24, 2.45) is 5.92 Å². The summed E-state index contributed by atoms with van der Waals surface area (Å²) < 4.78 is 0. The molecule has 2 rings (SSSR count). The van der Waals surface area contributed by atoms with E-state index in [4.69, 9.17) is 0 Å². The SMILES string of the molecule is CC1CCC(N(C)C(=O)c2cccnc2)CC1. The second-order valence-electron chi connectivity index (χ2n) is 5.07. The molecule has 3 nitrogen and oxygen atoms in total. The maximum absolute atomic E-state index is 12.2. The minimum atomic E-state index is 0.0950. The van der Waals surface area contributed by atoms with Crippen molar-refractivity contribution in [2.45, 2.75) is 38.6 Å². The number of rotatable bonds is 2. The van der Waals surface area contributed by atoms with Crippen molar-refractivity contribution in [3.8, 4) is 0 Å². The summed E-state index contributed by atoms with van der Waals surface area (Å²) in [7, 11) is 1.91. The van der Waals surface area contributed by atoms with E-state index in [-0.39, 0.29) is 5.91 Å². The summed E-state index contributed by atoms with van der Waals surface area (Å²) in [5.74, 6) is 0.908. The van der Waals surface area contributed by atoms with Crippen LogP contribution in [0.5, 0.6) is 0 Å². The van der Waals surface area contributed by atoms with Gasteiger partial charge >= 0.3 is 0 Å². The molecule has 0 atom stereocenters. The second-order valence-corrected chi connectivity index (χ2v) is 5.07. The summed E-state index contributed by atoms with van der Waals surface area (Å²) in [6, 6.07) is 4.04. The normalized spacial score (nSPS) is 24.4. The van der Waals surface area contributed by atoms with Crippen LogP contribution in [0.2, 0.25) is 0 Å².